The van der Waals surface area contributed by atoms with Gasteiger partial charge in [0, 0.05) is 55.5 Å². The van der Waals surface area contributed by atoms with Gasteiger partial charge >= 0.3 is 0 Å². The molecule has 3 heterocycles. The summed E-state index contributed by atoms with van der Waals surface area (Å²) in [6.45, 7) is 0.614. The summed E-state index contributed by atoms with van der Waals surface area (Å²) in [7, 11) is 3.03. The zero-order chi connectivity index (χ0) is 25.6. The van der Waals surface area contributed by atoms with Crippen LogP contribution in [0, 0.1) is 23.0 Å². The summed E-state index contributed by atoms with van der Waals surface area (Å²) in [6, 6.07) is 7.81. The molecule has 0 aliphatic carbocycles. The molecule has 0 radical (unpaired) electrons. The third kappa shape index (κ3) is 3.87. The van der Waals surface area contributed by atoms with Crippen molar-refractivity contribution >= 4 is 29.1 Å². The Morgan fingerprint density at radius 3 is 2.83 bits per heavy atom. The van der Waals surface area contributed by atoms with E-state index >= 15 is 4.39 Å². The number of carbonyl (C=O) groups excluding carboxylic acids is 1. The van der Waals surface area contributed by atoms with E-state index in [2.05, 4.69) is 15.3 Å². The van der Waals surface area contributed by atoms with Crippen LogP contribution < -0.4 is 10.1 Å². The zero-order valence-corrected chi connectivity index (χ0v) is 20.0. The zero-order valence-electron chi connectivity index (χ0n) is 19.3. The maximum absolute atomic E-state index is 15.0. The molecule has 8 nitrogen and oxygen atoms in total. The molecule has 0 unspecified atom stereocenters. The molecule has 11 heteroatoms. The van der Waals surface area contributed by atoms with E-state index in [1.165, 1.54) is 54.0 Å². The monoisotopic (exact) mass is 508 g/mol. The molecular weight excluding hydrogens is 490 g/mol. The summed E-state index contributed by atoms with van der Waals surface area (Å²) in [5.74, 6) is -0.798. The molecule has 1 N–H and O–H groups in total. The molecule has 0 fully saturated rings. The van der Waals surface area contributed by atoms with Crippen LogP contribution in [0.2, 0.25) is 5.02 Å². The van der Waals surface area contributed by atoms with Crippen LogP contribution in [-0.4, -0.2) is 45.9 Å². The van der Waals surface area contributed by atoms with E-state index < -0.39 is 11.7 Å². The summed E-state index contributed by atoms with van der Waals surface area (Å²) in [6.07, 6.45) is 3.51. The van der Waals surface area contributed by atoms with Gasteiger partial charge in [-0.05, 0) is 18.2 Å². The molecule has 2 aromatic heterocycles. The number of halogens is 3. The van der Waals surface area contributed by atoms with Crippen molar-refractivity contribution in [2.75, 3.05) is 26.0 Å². The highest BCUT2D eigenvalue weighted by molar-refractivity contribution is 6.34. The van der Waals surface area contributed by atoms with E-state index in [0.717, 1.165) is 5.56 Å². The average Bonchev–Trinajstić information content (AvgIpc) is 3.52. The SMILES string of the molecule is CN(C)C(=O)c1ccc(-c2cnc(NCc3c(F)ccc4c3CCO4)n3cc(C#N)nc23)c(Cl)c1F. The fraction of sp³-hybridized carbons (Fsp3) is 0.200. The van der Waals surface area contributed by atoms with Crippen molar-refractivity contribution in [3.05, 3.63) is 75.7 Å². The molecular formula is C25H19ClF2N6O2. The van der Waals surface area contributed by atoms with E-state index in [-0.39, 0.29) is 34.2 Å². The smallest absolute Gasteiger partial charge is 0.256 e. The summed E-state index contributed by atoms with van der Waals surface area (Å²) >= 11 is 6.33. The average molecular weight is 509 g/mol. The second kappa shape index (κ2) is 9.09. The van der Waals surface area contributed by atoms with E-state index in [9.17, 15) is 14.4 Å². The van der Waals surface area contributed by atoms with Gasteiger partial charge in [-0.25, -0.2) is 18.7 Å². The lowest BCUT2D eigenvalue weighted by Gasteiger charge is -2.15. The van der Waals surface area contributed by atoms with Gasteiger partial charge in [0.2, 0.25) is 5.95 Å². The van der Waals surface area contributed by atoms with E-state index in [0.29, 0.717) is 41.5 Å². The van der Waals surface area contributed by atoms with Crippen LogP contribution in [0.1, 0.15) is 27.2 Å². The lowest BCUT2D eigenvalue weighted by molar-refractivity contribution is 0.0823. The van der Waals surface area contributed by atoms with Crippen LogP contribution in [0.3, 0.4) is 0 Å². The van der Waals surface area contributed by atoms with Crippen LogP contribution in [0.5, 0.6) is 5.75 Å². The van der Waals surface area contributed by atoms with Gasteiger partial charge in [-0.1, -0.05) is 17.7 Å². The van der Waals surface area contributed by atoms with E-state index in [1.807, 2.05) is 6.07 Å². The maximum atomic E-state index is 15.0. The molecule has 5 rings (SSSR count). The van der Waals surface area contributed by atoms with Gasteiger partial charge in [0.05, 0.1) is 23.4 Å². The van der Waals surface area contributed by atoms with Crippen molar-refractivity contribution in [2.24, 2.45) is 0 Å². The molecule has 1 aliphatic rings. The molecule has 36 heavy (non-hydrogen) atoms. The molecule has 0 saturated heterocycles. The number of benzene rings is 2. The molecule has 0 bridgehead atoms. The molecule has 0 saturated carbocycles. The topological polar surface area (TPSA) is 95.5 Å². The summed E-state index contributed by atoms with van der Waals surface area (Å²) in [5, 5.41) is 12.3. The lowest BCUT2D eigenvalue weighted by Crippen LogP contribution is -2.23. The second-order valence-corrected chi connectivity index (χ2v) is 8.75. The van der Waals surface area contributed by atoms with Gasteiger partial charge in [-0.2, -0.15) is 5.26 Å². The van der Waals surface area contributed by atoms with E-state index in [4.69, 9.17) is 16.3 Å². The molecule has 1 amide bonds. The number of nitrogens with one attached hydrogen (secondary N) is 1. The van der Waals surface area contributed by atoms with Crippen LogP contribution in [0.25, 0.3) is 16.8 Å². The first-order valence-corrected chi connectivity index (χ1v) is 11.3. The number of nitriles is 1. The number of hydrogen-bond acceptors (Lipinski definition) is 6. The highest BCUT2D eigenvalue weighted by Crippen LogP contribution is 2.35. The van der Waals surface area contributed by atoms with Crippen molar-refractivity contribution in [1.82, 2.24) is 19.3 Å². The Labute approximate surface area is 209 Å². The van der Waals surface area contributed by atoms with Crippen molar-refractivity contribution in [1.29, 1.82) is 5.26 Å². The normalized spacial score (nSPS) is 12.2. The van der Waals surface area contributed by atoms with Crippen molar-refractivity contribution in [2.45, 2.75) is 13.0 Å². The number of imidazole rings is 1. The summed E-state index contributed by atoms with van der Waals surface area (Å²) in [4.78, 5) is 22.3. The fourth-order valence-electron chi connectivity index (χ4n) is 4.19. The fourth-order valence-corrected chi connectivity index (χ4v) is 4.46. The first kappa shape index (κ1) is 23.5. The number of nitrogens with zero attached hydrogens (tertiary/aromatic N) is 5. The van der Waals surface area contributed by atoms with Gasteiger partial charge in [0.25, 0.3) is 5.91 Å². The predicted octanol–water partition coefficient (Wildman–Crippen LogP) is 4.45. The van der Waals surface area contributed by atoms with Crippen LogP contribution in [0.15, 0.2) is 36.7 Å². The Morgan fingerprint density at radius 1 is 1.28 bits per heavy atom. The number of carbonyl (C=O) groups is 1. The van der Waals surface area contributed by atoms with Gasteiger partial charge in [-0.3, -0.25) is 9.20 Å². The first-order valence-electron chi connectivity index (χ1n) is 10.9. The Hall–Kier alpha value is -4.23. The van der Waals surface area contributed by atoms with E-state index in [1.54, 1.807) is 6.07 Å². The number of amides is 1. The highest BCUT2D eigenvalue weighted by Gasteiger charge is 2.23. The van der Waals surface area contributed by atoms with Crippen LogP contribution in [-0.2, 0) is 13.0 Å². The number of hydrogen-bond donors (Lipinski definition) is 1. The van der Waals surface area contributed by atoms with Gasteiger partial charge in [-0.15, -0.1) is 0 Å². The Kier molecular flexibility index (Phi) is 5.94. The van der Waals surface area contributed by atoms with Crippen LogP contribution in [0.4, 0.5) is 14.7 Å². The Balaban J connectivity index is 1.56. The van der Waals surface area contributed by atoms with Crippen molar-refractivity contribution in [3.8, 4) is 22.9 Å². The highest BCUT2D eigenvalue weighted by atomic mass is 35.5. The van der Waals surface area contributed by atoms with Gasteiger partial charge < -0.3 is 15.0 Å². The Bertz CT molecular complexity index is 1580. The first-order chi connectivity index (χ1) is 17.3. The third-order valence-corrected chi connectivity index (χ3v) is 6.35. The number of anilines is 1. The second-order valence-electron chi connectivity index (χ2n) is 8.37. The van der Waals surface area contributed by atoms with Crippen LogP contribution >= 0.6 is 11.6 Å². The quantitative estimate of drug-likeness (QED) is 0.428. The molecule has 4 aromatic rings. The number of aromatic nitrogens is 3. The summed E-state index contributed by atoms with van der Waals surface area (Å²) < 4.78 is 36.7. The van der Waals surface area contributed by atoms with Crippen molar-refractivity contribution in [3.63, 3.8) is 0 Å². The number of fused-ring (bicyclic) bond motifs is 2. The third-order valence-electron chi connectivity index (χ3n) is 5.98. The number of ether oxygens (including phenoxy) is 1. The Morgan fingerprint density at radius 2 is 2.08 bits per heavy atom. The molecule has 0 spiro atoms. The van der Waals surface area contributed by atoms with Gasteiger partial charge in [0.1, 0.15) is 17.6 Å². The van der Waals surface area contributed by atoms with Crippen molar-refractivity contribution < 1.29 is 18.3 Å². The summed E-state index contributed by atoms with van der Waals surface area (Å²) in [5.41, 5.74) is 2.10. The minimum absolute atomic E-state index is 0.100. The molecule has 2 aromatic carbocycles. The molecule has 1 aliphatic heterocycles. The predicted molar refractivity (Wildman–Crippen MR) is 129 cm³/mol. The largest absolute Gasteiger partial charge is 0.493 e. The standard InChI is InChI=1S/C25H19ClF2N6O2/c1-33(2)24(35)16-4-3-15(21(26)22(16)28)18-11-31-25(34-12-13(9-29)32-23(18)34)30-10-17-14-7-8-36-20(14)6-5-19(17)27/h3-6,11-12H,7-8,10H2,1-2H3,(H,30,31). The molecule has 182 valence electrons. The lowest BCUT2D eigenvalue weighted by atomic mass is 10.0. The molecule has 0 atom stereocenters. The number of rotatable bonds is 5. The van der Waals surface area contributed by atoms with Gasteiger partial charge in [0.15, 0.2) is 17.2 Å². The minimum atomic E-state index is -0.865. The minimum Gasteiger partial charge on any atom is -0.493 e. The maximum Gasteiger partial charge on any atom is 0.256 e.